The molecule has 1 unspecified atom stereocenters. The monoisotopic (exact) mass is 204 g/mol. The average molecular weight is 204 g/mol. The number of nitrogens with two attached hydrogens (primary N) is 1. The number of nitrogens with zero attached hydrogens (tertiary/aromatic N) is 1. The topological polar surface area (TPSA) is 46.3 Å². The van der Waals surface area contributed by atoms with Gasteiger partial charge in [-0.1, -0.05) is 12.1 Å². The zero-order chi connectivity index (χ0) is 10.8. The first kappa shape index (κ1) is 10.0. The lowest BCUT2D eigenvalue weighted by atomic mass is 9.89. The molecule has 0 bridgehead atoms. The number of carbonyl (C=O) groups excluding carboxylic acids is 1. The van der Waals surface area contributed by atoms with Crippen LogP contribution in [-0.2, 0) is 4.79 Å². The summed E-state index contributed by atoms with van der Waals surface area (Å²) in [5.74, 6) is 0.609. The minimum absolute atomic E-state index is 0.239. The highest BCUT2D eigenvalue weighted by Gasteiger charge is 2.24. The quantitative estimate of drug-likeness (QED) is 0.706. The molecule has 0 spiro atoms. The number of nitrogen functional groups attached to an aromatic ring is 1. The van der Waals surface area contributed by atoms with Crippen LogP contribution in [0.4, 0.5) is 5.69 Å². The van der Waals surface area contributed by atoms with Gasteiger partial charge >= 0.3 is 0 Å². The van der Waals surface area contributed by atoms with Crippen molar-refractivity contribution in [2.75, 3.05) is 19.3 Å². The second-order valence-electron chi connectivity index (χ2n) is 4.17. The number of amides is 1. The van der Waals surface area contributed by atoms with Crippen molar-refractivity contribution in [1.82, 2.24) is 4.90 Å². The van der Waals surface area contributed by atoms with E-state index in [1.807, 2.05) is 31.3 Å². The van der Waals surface area contributed by atoms with E-state index in [9.17, 15) is 4.79 Å². The van der Waals surface area contributed by atoms with Crippen LogP contribution in [0.5, 0.6) is 0 Å². The van der Waals surface area contributed by atoms with Crippen LogP contribution < -0.4 is 5.73 Å². The molecule has 3 heteroatoms. The van der Waals surface area contributed by atoms with Gasteiger partial charge in [-0.3, -0.25) is 4.79 Å². The van der Waals surface area contributed by atoms with Crippen LogP contribution >= 0.6 is 0 Å². The summed E-state index contributed by atoms with van der Waals surface area (Å²) in [6, 6.07) is 7.85. The molecule has 1 aliphatic rings. The highest BCUT2D eigenvalue weighted by atomic mass is 16.2. The van der Waals surface area contributed by atoms with Crippen molar-refractivity contribution in [2.45, 2.75) is 18.8 Å². The zero-order valence-electron chi connectivity index (χ0n) is 8.94. The lowest BCUT2D eigenvalue weighted by Crippen LogP contribution is -2.34. The number of anilines is 1. The third kappa shape index (κ3) is 2.12. The van der Waals surface area contributed by atoms with Crippen LogP contribution in [0.3, 0.4) is 0 Å². The molecule has 1 heterocycles. The van der Waals surface area contributed by atoms with Crippen molar-refractivity contribution in [3.8, 4) is 0 Å². The summed E-state index contributed by atoms with van der Waals surface area (Å²) in [4.78, 5) is 13.3. The van der Waals surface area contributed by atoms with Gasteiger partial charge in [-0.15, -0.1) is 0 Å². The van der Waals surface area contributed by atoms with Gasteiger partial charge in [-0.2, -0.15) is 0 Å². The number of benzene rings is 1. The summed E-state index contributed by atoms with van der Waals surface area (Å²) in [6.45, 7) is 0.855. The standard InChI is InChI=1S/C12H16N2O/c1-14-7-6-10(8-12(14)15)9-2-4-11(13)5-3-9/h2-5,10H,6-8,13H2,1H3. The van der Waals surface area contributed by atoms with E-state index in [0.717, 1.165) is 18.7 Å². The Balaban J connectivity index is 2.12. The van der Waals surface area contributed by atoms with Crippen LogP contribution in [-0.4, -0.2) is 24.4 Å². The predicted molar refractivity (Wildman–Crippen MR) is 60.5 cm³/mol. The summed E-state index contributed by atoms with van der Waals surface area (Å²) >= 11 is 0. The van der Waals surface area contributed by atoms with Crippen LogP contribution in [0.2, 0.25) is 0 Å². The van der Waals surface area contributed by atoms with E-state index in [0.29, 0.717) is 12.3 Å². The Morgan fingerprint density at radius 1 is 1.33 bits per heavy atom. The number of carbonyl (C=O) groups is 1. The fourth-order valence-electron chi connectivity index (χ4n) is 2.00. The van der Waals surface area contributed by atoms with Crippen molar-refractivity contribution >= 4 is 11.6 Å². The molecule has 2 N–H and O–H groups in total. The van der Waals surface area contributed by atoms with Gasteiger partial charge in [-0.25, -0.2) is 0 Å². The number of piperidine rings is 1. The van der Waals surface area contributed by atoms with Crippen molar-refractivity contribution in [1.29, 1.82) is 0 Å². The first-order valence-electron chi connectivity index (χ1n) is 5.26. The molecule has 1 atom stereocenters. The van der Waals surface area contributed by atoms with E-state index in [4.69, 9.17) is 5.73 Å². The van der Waals surface area contributed by atoms with Crippen LogP contribution in [0.15, 0.2) is 24.3 Å². The number of hydrogen-bond donors (Lipinski definition) is 1. The smallest absolute Gasteiger partial charge is 0.222 e. The Kier molecular flexibility index (Phi) is 2.62. The molecule has 1 saturated heterocycles. The van der Waals surface area contributed by atoms with E-state index >= 15 is 0 Å². The summed E-state index contributed by atoms with van der Waals surface area (Å²) in [7, 11) is 1.86. The maximum atomic E-state index is 11.5. The summed E-state index contributed by atoms with van der Waals surface area (Å²) in [6.07, 6.45) is 1.67. The molecule has 0 aliphatic carbocycles. The second kappa shape index (κ2) is 3.93. The van der Waals surface area contributed by atoms with Crippen LogP contribution in [0.1, 0.15) is 24.3 Å². The molecule has 1 amide bonds. The van der Waals surface area contributed by atoms with Gasteiger partial charge in [0, 0.05) is 25.7 Å². The minimum atomic E-state index is 0.239. The molecular weight excluding hydrogens is 188 g/mol. The Hall–Kier alpha value is -1.51. The maximum absolute atomic E-state index is 11.5. The Labute approximate surface area is 89.9 Å². The third-order valence-electron chi connectivity index (χ3n) is 3.07. The molecular formula is C12H16N2O. The van der Waals surface area contributed by atoms with Gasteiger partial charge in [0.1, 0.15) is 0 Å². The largest absolute Gasteiger partial charge is 0.399 e. The van der Waals surface area contributed by atoms with E-state index in [1.54, 1.807) is 4.90 Å². The molecule has 1 aromatic rings. The van der Waals surface area contributed by atoms with Gasteiger partial charge < -0.3 is 10.6 Å². The number of likely N-dealkylation sites (tertiary alicyclic amines) is 1. The van der Waals surface area contributed by atoms with Gasteiger partial charge in [0.2, 0.25) is 5.91 Å². The van der Waals surface area contributed by atoms with Gasteiger partial charge in [0.05, 0.1) is 0 Å². The van der Waals surface area contributed by atoms with Crippen molar-refractivity contribution < 1.29 is 4.79 Å². The van der Waals surface area contributed by atoms with Crippen molar-refractivity contribution in [3.05, 3.63) is 29.8 Å². The highest BCUT2D eigenvalue weighted by molar-refractivity contribution is 5.77. The van der Waals surface area contributed by atoms with Gasteiger partial charge in [0.15, 0.2) is 0 Å². The number of hydrogen-bond acceptors (Lipinski definition) is 2. The lowest BCUT2D eigenvalue weighted by Gasteiger charge is -2.28. The molecule has 1 fully saturated rings. The molecule has 0 saturated carbocycles. The Bertz CT molecular complexity index is 358. The van der Waals surface area contributed by atoms with E-state index < -0.39 is 0 Å². The zero-order valence-corrected chi connectivity index (χ0v) is 8.94. The van der Waals surface area contributed by atoms with Crippen molar-refractivity contribution in [3.63, 3.8) is 0 Å². The first-order chi connectivity index (χ1) is 7.16. The molecule has 2 rings (SSSR count). The van der Waals surface area contributed by atoms with Gasteiger partial charge in [0.25, 0.3) is 0 Å². The van der Waals surface area contributed by atoms with E-state index in [2.05, 4.69) is 0 Å². The average Bonchev–Trinajstić information content (AvgIpc) is 2.23. The molecule has 0 aromatic heterocycles. The van der Waals surface area contributed by atoms with E-state index in [-0.39, 0.29) is 5.91 Å². The van der Waals surface area contributed by atoms with Crippen molar-refractivity contribution in [2.24, 2.45) is 0 Å². The fourth-order valence-corrected chi connectivity index (χ4v) is 2.00. The fraction of sp³-hybridized carbons (Fsp3) is 0.417. The minimum Gasteiger partial charge on any atom is -0.399 e. The second-order valence-corrected chi connectivity index (χ2v) is 4.17. The summed E-state index contributed by atoms with van der Waals surface area (Å²) in [5.41, 5.74) is 7.63. The van der Waals surface area contributed by atoms with E-state index in [1.165, 1.54) is 5.56 Å². The molecule has 80 valence electrons. The molecule has 1 aliphatic heterocycles. The lowest BCUT2D eigenvalue weighted by molar-refractivity contribution is -0.132. The molecule has 0 radical (unpaired) electrons. The summed E-state index contributed by atoms with van der Waals surface area (Å²) < 4.78 is 0. The molecule has 15 heavy (non-hydrogen) atoms. The molecule has 1 aromatic carbocycles. The Morgan fingerprint density at radius 2 is 2.00 bits per heavy atom. The molecule has 3 nitrogen and oxygen atoms in total. The highest BCUT2D eigenvalue weighted by Crippen LogP contribution is 2.28. The van der Waals surface area contributed by atoms with Crippen LogP contribution in [0.25, 0.3) is 0 Å². The SMILES string of the molecule is CN1CCC(c2ccc(N)cc2)CC1=O. The first-order valence-corrected chi connectivity index (χ1v) is 5.26. The number of rotatable bonds is 1. The Morgan fingerprint density at radius 3 is 2.60 bits per heavy atom. The predicted octanol–water partition coefficient (Wildman–Crippen LogP) is 1.60. The van der Waals surface area contributed by atoms with Gasteiger partial charge in [-0.05, 0) is 30.0 Å². The third-order valence-corrected chi connectivity index (χ3v) is 3.07. The van der Waals surface area contributed by atoms with Crippen LogP contribution in [0, 0.1) is 0 Å². The normalized spacial score (nSPS) is 21.8. The maximum Gasteiger partial charge on any atom is 0.222 e. The summed E-state index contributed by atoms with van der Waals surface area (Å²) in [5, 5.41) is 0.